The Morgan fingerprint density at radius 2 is 2.10 bits per heavy atom. The maximum absolute atomic E-state index is 13.0. The number of carbonyl (C=O) groups is 2. The summed E-state index contributed by atoms with van der Waals surface area (Å²) in [6.07, 6.45) is 2.73. The first kappa shape index (κ1) is 20.9. The predicted octanol–water partition coefficient (Wildman–Crippen LogP) is 1.91. The number of rotatable bonds is 5. The molecule has 4 rings (SSSR count). The van der Waals surface area contributed by atoms with Gasteiger partial charge in [0.25, 0.3) is 11.8 Å². The zero-order valence-corrected chi connectivity index (χ0v) is 17.3. The summed E-state index contributed by atoms with van der Waals surface area (Å²) >= 11 is 0. The second-order valence-electron chi connectivity index (χ2n) is 7.41. The quantitative estimate of drug-likeness (QED) is 0.677. The lowest BCUT2D eigenvalue weighted by Gasteiger charge is -2.33. The summed E-state index contributed by atoms with van der Waals surface area (Å²) in [4.78, 5) is 37.8. The number of hydrogen-bond donors (Lipinski definition) is 1. The average Bonchev–Trinajstić information content (AvgIpc) is 2.83. The van der Waals surface area contributed by atoms with Gasteiger partial charge in [-0.05, 0) is 24.3 Å². The highest BCUT2D eigenvalue weighted by Crippen LogP contribution is 2.27. The fraction of sp³-hybridized carbons (Fsp3) is 0.304. The summed E-state index contributed by atoms with van der Waals surface area (Å²) in [5.41, 5.74) is 2.30. The van der Waals surface area contributed by atoms with Crippen molar-refractivity contribution in [2.24, 2.45) is 0 Å². The molecule has 1 unspecified atom stereocenters. The second-order valence-corrected chi connectivity index (χ2v) is 7.41. The number of fused-ring (bicyclic) bond motifs is 1. The van der Waals surface area contributed by atoms with E-state index in [-0.39, 0.29) is 25.0 Å². The summed E-state index contributed by atoms with van der Waals surface area (Å²) in [7, 11) is 1.65. The van der Waals surface area contributed by atoms with Gasteiger partial charge in [-0.25, -0.2) is 4.98 Å². The molecule has 1 atom stereocenters. The summed E-state index contributed by atoms with van der Waals surface area (Å²) in [5.74, 6) is -0.311. The van der Waals surface area contributed by atoms with Crippen molar-refractivity contribution in [2.75, 3.05) is 39.9 Å². The van der Waals surface area contributed by atoms with Crippen LogP contribution < -0.4 is 0 Å². The van der Waals surface area contributed by atoms with Crippen LogP contribution in [0.25, 0.3) is 10.9 Å². The molecule has 0 spiro atoms. The number of likely N-dealkylation sites (N-methyl/N-ethyl adjacent to an activating group) is 1. The van der Waals surface area contributed by atoms with Crippen LogP contribution in [0.2, 0.25) is 0 Å². The van der Waals surface area contributed by atoms with Gasteiger partial charge in [-0.15, -0.1) is 0 Å². The minimum atomic E-state index is -0.450. The van der Waals surface area contributed by atoms with Crippen LogP contribution in [0.4, 0.5) is 0 Å². The summed E-state index contributed by atoms with van der Waals surface area (Å²) in [6.45, 7) is 1.30. The van der Waals surface area contributed by atoms with Crippen molar-refractivity contribution in [1.29, 1.82) is 0 Å². The molecule has 31 heavy (non-hydrogen) atoms. The highest BCUT2D eigenvalue weighted by atomic mass is 16.5. The SMILES string of the molecule is CN(CCO)C(=O)c1cc(C2CN(C(=O)c3cccnc3)CCO2)nc2ccccc12. The Morgan fingerprint density at radius 1 is 1.26 bits per heavy atom. The second kappa shape index (κ2) is 9.20. The van der Waals surface area contributed by atoms with Crippen LogP contribution in [-0.4, -0.2) is 76.6 Å². The molecule has 3 aromatic rings. The van der Waals surface area contributed by atoms with Gasteiger partial charge in [0.05, 0.1) is 42.1 Å². The molecule has 3 heterocycles. The van der Waals surface area contributed by atoms with Gasteiger partial charge in [-0.2, -0.15) is 0 Å². The summed E-state index contributed by atoms with van der Waals surface area (Å²) in [6, 6.07) is 12.6. The number of aromatic nitrogens is 2. The molecule has 0 saturated carbocycles. The Hall–Kier alpha value is -3.36. The average molecular weight is 420 g/mol. The third kappa shape index (κ3) is 4.40. The van der Waals surface area contributed by atoms with E-state index in [1.807, 2.05) is 24.3 Å². The molecule has 2 amide bonds. The third-order valence-electron chi connectivity index (χ3n) is 5.34. The highest BCUT2D eigenvalue weighted by molar-refractivity contribution is 6.06. The number of amides is 2. The van der Waals surface area contributed by atoms with Crippen molar-refractivity contribution in [3.05, 3.63) is 71.7 Å². The Balaban J connectivity index is 1.66. The van der Waals surface area contributed by atoms with Crippen molar-refractivity contribution in [3.8, 4) is 0 Å². The maximum atomic E-state index is 13.0. The molecule has 0 bridgehead atoms. The van der Waals surface area contributed by atoms with Gasteiger partial charge in [0.1, 0.15) is 6.10 Å². The molecule has 8 nitrogen and oxygen atoms in total. The summed E-state index contributed by atoms with van der Waals surface area (Å²) in [5, 5.41) is 9.95. The Morgan fingerprint density at radius 3 is 2.87 bits per heavy atom. The van der Waals surface area contributed by atoms with Gasteiger partial charge in [0.15, 0.2) is 0 Å². The largest absolute Gasteiger partial charge is 0.395 e. The van der Waals surface area contributed by atoms with Crippen molar-refractivity contribution in [3.63, 3.8) is 0 Å². The van der Waals surface area contributed by atoms with E-state index in [2.05, 4.69) is 4.98 Å². The van der Waals surface area contributed by atoms with Crippen LogP contribution in [0, 0.1) is 0 Å². The van der Waals surface area contributed by atoms with Crippen molar-refractivity contribution in [2.45, 2.75) is 6.10 Å². The van der Waals surface area contributed by atoms with Crippen molar-refractivity contribution >= 4 is 22.7 Å². The lowest BCUT2D eigenvalue weighted by atomic mass is 10.0. The van der Waals surface area contributed by atoms with E-state index in [0.29, 0.717) is 42.0 Å². The number of nitrogens with zero attached hydrogens (tertiary/aromatic N) is 4. The first-order valence-electron chi connectivity index (χ1n) is 10.2. The van der Waals surface area contributed by atoms with Crippen LogP contribution in [0.5, 0.6) is 0 Å². The maximum Gasteiger partial charge on any atom is 0.255 e. The molecule has 1 aliphatic heterocycles. The predicted molar refractivity (Wildman–Crippen MR) is 115 cm³/mol. The topological polar surface area (TPSA) is 95.9 Å². The number of benzene rings is 1. The first-order chi connectivity index (χ1) is 15.1. The van der Waals surface area contributed by atoms with Crippen LogP contribution in [0.15, 0.2) is 54.9 Å². The number of morpholine rings is 1. The molecule has 1 saturated heterocycles. The number of aliphatic hydroxyl groups is 1. The number of ether oxygens (including phenoxy) is 1. The van der Waals surface area contributed by atoms with Crippen LogP contribution in [0.1, 0.15) is 32.5 Å². The number of hydrogen-bond acceptors (Lipinski definition) is 6. The minimum Gasteiger partial charge on any atom is -0.395 e. The Kier molecular flexibility index (Phi) is 6.20. The third-order valence-corrected chi connectivity index (χ3v) is 5.34. The fourth-order valence-corrected chi connectivity index (χ4v) is 3.68. The minimum absolute atomic E-state index is 0.110. The molecular formula is C23H24N4O4. The van der Waals surface area contributed by atoms with Crippen LogP contribution in [-0.2, 0) is 4.74 Å². The molecule has 8 heteroatoms. The van der Waals surface area contributed by atoms with Crippen molar-refractivity contribution < 1.29 is 19.4 Å². The van der Waals surface area contributed by atoms with Crippen LogP contribution in [0.3, 0.4) is 0 Å². The summed E-state index contributed by atoms with van der Waals surface area (Å²) < 4.78 is 5.94. The monoisotopic (exact) mass is 420 g/mol. The van der Waals surface area contributed by atoms with Crippen LogP contribution >= 0.6 is 0 Å². The lowest BCUT2D eigenvalue weighted by Crippen LogP contribution is -2.42. The van der Waals surface area contributed by atoms with E-state index in [1.165, 1.54) is 4.90 Å². The van der Waals surface area contributed by atoms with Gasteiger partial charge >= 0.3 is 0 Å². The fourth-order valence-electron chi connectivity index (χ4n) is 3.68. The first-order valence-corrected chi connectivity index (χ1v) is 10.2. The Labute approximate surface area is 180 Å². The van der Waals surface area contributed by atoms with Gasteiger partial charge in [0, 0.05) is 37.9 Å². The smallest absolute Gasteiger partial charge is 0.255 e. The van der Waals surface area contributed by atoms with E-state index in [4.69, 9.17) is 9.72 Å². The molecule has 0 radical (unpaired) electrons. The van der Waals surface area contributed by atoms with E-state index < -0.39 is 6.10 Å². The zero-order valence-electron chi connectivity index (χ0n) is 17.3. The van der Waals surface area contributed by atoms with Crippen molar-refractivity contribution in [1.82, 2.24) is 19.8 Å². The molecule has 160 valence electrons. The van der Waals surface area contributed by atoms with E-state index in [9.17, 15) is 14.7 Å². The number of aliphatic hydroxyl groups excluding tert-OH is 1. The van der Waals surface area contributed by atoms with Gasteiger partial charge < -0.3 is 19.6 Å². The highest BCUT2D eigenvalue weighted by Gasteiger charge is 2.28. The van der Waals surface area contributed by atoms with Gasteiger partial charge in [0.2, 0.25) is 0 Å². The molecule has 1 fully saturated rings. The molecular weight excluding hydrogens is 396 g/mol. The van der Waals surface area contributed by atoms with Gasteiger partial charge in [-0.3, -0.25) is 14.6 Å². The zero-order chi connectivity index (χ0) is 21.8. The molecule has 0 aliphatic carbocycles. The Bertz CT molecular complexity index is 1090. The van der Waals surface area contributed by atoms with E-state index in [1.54, 1.807) is 42.5 Å². The number of carbonyl (C=O) groups excluding carboxylic acids is 2. The van der Waals surface area contributed by atoms with E-state index >= 15 is 0 Å². The lowest BCUT2D eigenvalue weighted by molar-refractivity contribution is -0.0246. The molecule has 1 N–H and O–H groups in total. The van der Waals surface area contributed by atoms with E-state index in [0.717, 1.165) is 5.39 Å². The molecule has 1 aromatic carbocycles. The standard InChI is InChI=1S/C23H24N4O4/c1-26(9-11-28)23(30)18-13-20(25-19-7-3-2-6-17(18)19)21-15-27(10-12-31-21)22(29)16-5-4-8-24-14-16/h2-8,13-14,21,28H,9-12,15H2,1H3. The van der Waals surface area contributed by atoms with Gasteiger partial charge in [-0.1, -0.05) is 18.2 Å². The number of pyridine rings is 2. The molecule has 2 aromatic heterocycles. The number of para-hydroxylation sites is 1. The normalized spacial score (nSPS) is 16.3. The molecule has 1 aliphatic rings.